The zero-order valence-corrected chi connectivity index (χ0v) is 14.5. The molecule has 1 aliphatic rings. The van der Waals surface area contributed by atoms with Crippen LogP contribution >= 0.6 is 0 Å². The molecule has 1 heterocycles. The fourth-order valence-electron chi connectivity index (χ4n) is 3.16. The second kappa shape index (κ2) is 6.48. The van der Waals surface area contributed by atoms with Crippen molar-refractivity contribution in [3.8, 4) is 0 Å². The van der Waals surface area contributed by atoms with E-state index >= 15 is 0 Å². The minimum Gasteiger partial charge on any atom is -0.481 e. The summed E-state index contributed by atoms with van der Waals surface area (Å²) in [6, 6.07) is 1.86. The summed E-state index contributed by atoms with van der Waals surface area (Å²) in [5.74, 6) is -1.77. The van der Waals surface area contributed by atoms with Crippen LogP contribution in [0.15, 0.2) is 17.0 Å². The van der Waals surface area contributed by atoms with Gasteiger partial charge in [-0.1, -0.05) is 0 Å². The van der Waals surface area contributed by atoms with Crippen molar-refractivity contribution in [3.05, 3.63) is 33.4 Å². The molecule has 1 aromatic carbocycles. The number of aryl methyl sites for hydroxylation is 2. The molecule has 0 bridgehead atoms. The Morgan fingerprint density at radius 2 is 1.96 bits per heavy atom. The van der Waals surface area contributed by atoms with Crippen molar-refractivity contribution in [1.29, 1.82) is 0 Å². The van der Waals surface area contributed by atoms with E-state index in [0.717, 1.165) is 0 Å². The Labute approximate surface area is 140 Å². The van der Waals surface area contributed by atoms with Gasteiger partial charge in [-0.2, -0.15) is 4.31 Å². The predicted molar refractivity (Wildman–Crippen MR) is 86.3 cm³/mol. The van der Waals surface area contributed by atoms with Gasteiger partial charge in [-0.05, 0) is 45.2 Å². The van der Waals surface area contributed by atoms with Crippen LogP contribution in [0.3, 0.4) is 0 Å². The second-order valence-corrected chi connectivity index (χ2v) is 7.96. The summed E-state index contributed by atoms with van der Waals surface area (Å²) < 4.78 is 27.2. The molecule has 24 heavy (non-hydrogen) atoms. The van der Waals surface area contributed by atoms with Crippen LogP contribution in [-0.4, -0.2) is 41.3 Å². The quantitative estimate of drug-likeness (QED) is 0.652. The van der Waals surface area contributed by atoms with Gasteiger partial charge in [0.05, 0.1) is 15.7 Å². The molecule has 1 N–H and O–H groups in total. The Morgan fingerprint density at radius 1 is 1.33 bits per heavy atom. The lowest BCUT2D eigenvalue weighted by Crippen LogP contribution is -2.49. The van der Waals surface area contributed by atoms with E-state index in [1.807, 2.05) is 0 Å². The topological polar surface area (TPSA) is 118 Å². The van der Waals surface area contributed by atoms with Crippen molar-refractivity contribution >= 4 is 21.7 Å². The third-order valence-electron chi connectivity index (χ3n) is 4.52. The number of benzene rings is 1. The number of piperidine rings is 1. The van der Waals surface area contributed by atoms with E-state index in [4.69, 9.17) is 0 Å². The summed E-state index contributed by atoms with van der Waals surface area (Å²) in [6.45, 7) is 4.81. The van der Waals surface area contributed by atoms with Crippen LogP contribution in [0.2, 0.25) is 0 Å². The number of nitro groups is 1. The minimum atomic E-state index is -3.93. The van der Waals surface area contributed by atoms with Gasteiger partial charge in [0, 0.05) is 24.2 Å². The maximum absolute atomic E-state index is 13.0. The Hall–Kier alpha value is -2.00. The number of aliphatic carboxylic acids is 1. The molecule has 8 nitrogen and oxygen atoms in total. The van der Waals surface area contributed by atoms with Crippen LogP contribution in [0, 0.1) is 29.9 Å². The van der Waals surface area contributed by atoms with Crippen molar-refractivity contribution in [1.82, 2.24) is 4.31 Å². The molecule has 0 spiro atoms. The number of hydrogen-bond donors (Lipinski definition) is 1. The molecule has 0 aromatic heterocycles. The summed E-state index contributed by atoms with van der Waals surface area (Å²) >= 11 is 0. The van der Waals surface area contributed by atoms with E-state index in [-0.39, 0.29) is 28.3 Å². The molecular formula is C15H20N2O6S. The number of carbonyl (C=O) groups is 1. The molecule has 0 unspecified atom stereocenters. The molecule has 0 aliphatic carbocycles. The Morgan fingerprint density at radius 3 is 2.50 bits per heavy atom. The first-order valence-corrected chi connectivity index (χ1v) is 9.01. The number of carboxylic acid groups (broad SMARTS) is 1. The number of sulfonamides is 1. The Kier molecular flexibility index (Phi) is 4.95. The van der Waals surface area contributed by atoms with E-state index < -0.39 is 32.9 Å². The lowest BCUT2D eigenvalue weighted by Gasteiger charge is -2.36. The maximum Gasteiger partial charge on any atom is 0.308 e. The lowest BCUT2D eigenvalue weighted by molar-refractivity contribution is -0.385. The summed E-state index contributed by atoms with van der Waals surface area (Å²) in [7, 11) is -3.93. The normalized spacial score (nSPS) is 22.3. The monoisotopic (exact) mass is 356 g/mol. The number of rotatable bonds is 4. The molecule has 9 heteroatoms. The second-order valence-electron chi connectivity index (χ2n) is 6.10. The van der Waals surface area contributed by atoms with E-state index in [2.05, 4.69) is 0 Å². The van der Waals surface area contributed by atoms with Crippen LogP contribution in [0.25, 0.3) is 0 Å². The molecule has 1 fully saturated rings. The molecular weight excluding hydrogens is 336 g/mol. The first-order chi connectivity index (χ1) is 11.1. The van der Waals surface area contributed by atoms with E-state index in [1.165, 1.54) is 30.3 Å². The zero-order valence-electron chi connectivity index (χ0n) is 13.7. The van der Waals surface area contributed by atoms with Crippen LogP contribution < -0.4 is 0 Å². The highest BCUT2D eigenvalue weighted by Crippen LogP contribution is 2.32. The first kappa shape index (κ1) is 18.3. The smallest absolute Gasteiger partial charge is 0.308 e. The standard InChI is InChI=1S/C15H20N2O6S/c1-9-8-14(10(2)7-13(9)17(20)21)24(22,23)16-6-4-5-12(11(16)3)15(18)19/h7-8,11-12H,4-6H2,1-3H3,(H,18,19)/t11-,12-/m1/s1. The number of nitro benzene ring substituents is 1. The SMILES string of the molecule is Cc1cc(S(=O)(=O)N2CCC[C@@H](C(=O)O)[C@H]2C)c(C)cc1[N+](=O)[O-]. The van der Waals surface area contributed by atoms with Crippen molar-refractivity contribution < 1.29 is 23.2 Å². The fraction of sp³-hybridized carbons (Fsp3) is 0.533. The summed E-state index contributed by atoms with van der Waals surface area (Å²) in [5, 5.41) is 20.2. The minimum absolute atomic E-state index is 0.0107. The van der Waals surface area contributed by atoms with Crippen molar-refractivity contribution in [2.45, 2.75) is 44.6 Å². The van der Waals surface area contributed by atoms with Gasteiger partial charge in [-0.15, -0.1) is 0 Å². The van der Waals surface area contributed by atoms with Gasteiger partial charge >= 0.3 is 5.97 Å². The third-order valence-corrected chi connectivity index (χ3v) is 6.65. The van der Waals surface area contributed by atoms with Crippen LogP contribution in [0.5, 0.6) is 0 Å². The van der Waals surface area contributed by atoms with Gasteiger partial charge in [0.1, 0.15) is 0 Å². The van der Waals surface area contributed by atoms with Crippen molar-refractivity contribution in [3.63, 3.8) is 0 Å². The van der Waals surface area contributed by atoms with Crippen LogP contribution in [0.4, 0.5) is 5.69 Å². The van der Waals surface area contributed by atoms with Crippen LogP contribution in [0.1, 0.15) is 30.9 Å². The van der Waals surface area contributed by atoms with Gasteiger partial charge in [0.15, 0.2) is 0 Å². The van der Waals surface area contributed by atoms with Gasteiger partial charge in [-0.25, -0.2) is 8.42 Å². The van der Waals surface area contributed by atoms with Crippen LogP contribution in [-0.2, 0) is 14.8 Å². The molecule has 2 atom stereocenters. The first-order valence-electron chi connectivity index (χ1n) is 7.57. The molecule has 132 valence electrons. The third kappa shape index (κ3) is 3.13. The molecule has 0 saturated carbocycles. The predicted octanol–water partition coefficient (Wildman–Crippen LogP) is 2.09. The highest BCUT2D eigenvalue weighted by molar-refractivity contribution is 7.89. The average Bonchev–Trinajstić information content (AvgIpc) is 2.48. The lowest BCUT2D eigenvalue weighted by atomic mass is 9.92. The summed E-state index contributed by atoms with van der Waals surface area (Å²) in [4.78, 5) is 21.7. The molecule has 1 aromatic rings. The fourth-order valence-corrected chi connectivity index (χ4v) is 5.16. The Bertz CT molecular complexity index is 789. The zero-order chi connectivity index (χ0) is 18.2. The summed E-state index contributed by atoms with van der Waals surface area (Å²) in [5.41, 5.74) is 0.391. The summed E-state index contributed by atoms with van der Waals surface area (Å²) in [6.07, 6.45) is 0.895. The highest BCUT2D eigenvalue weighted by Gasteiger charge is 2.40. The molecule has 1 saturated heterocycles. The molecule has 0 radical (unpaired) electrons. The van der Waals surface area contributed by atoms with Gasteiger partial charge < -0.3 is 5.11 Å². The van der Waals surface area contributed by atoms with Gasteiger partial charge in [0.2, 0.25) is 10.0 Å². The molecule has 0 amide bonds. The average molecular weight is 356 g/mol. The van der Waals surface area contributed by atoms with E-state index in [1.54, 1.807) is 6.92 Å². The molecule has 1 aliphatic heterocycles. The van der Waals surface area contributed by atoms with Gasteiger partial charge in [0.25, 0.3) is 5.69 Å². The number of hydrogen-bond acceptors (Lipinski definition) is 5. The molecule has 2 rings (SSSR count). The highest BCUT2D eigenvalue weighted by atomic mass is 32.2. The van der Waals surface area contributed by atoms with Gasteiger partial charge in [-0.3, -0.25) is 14.9 Å². The number of carboxylic acids is 1. The largest absolute Gasteiger partial charge is 0.481 e. The number of nitrogens with zero attached hydrogens (tertiary/aromatic N) is 2. The maximum atomic E-state index is 13.0. The van der Waals surface area contributed by atoms with Crippen molar-refractivity contribution in [2.75, 3.05) is 6.54 Å². The Balaban J connectivity index is 2.49. The van der Waals surface area contributed by atoms with E-state index in [0.29, 0.717) is 12.8 Å². The van der Waals surface area contributed by atoms with Crippen molar-refractivity contribution in [2.24, 2.45) is 5.92 Å². The van der Waals surface area contributed by atoms with E-state index in [9.17, 15) is 28.4 Å².